The minimum absolute atomic E-state index is 0.0495. The van der Waals surface area contributed by atoms with Crippen molar-refractivity contribution in [3.8, 4) is 0 Å². The Morgan fingerprint density at radius 3 is 2.55 bits per heavy atom. The Morgan fingerprint density at radius 2 is 1.95 bits per heavy atom. The van der Waals surface area contributed by atoms with E-state index in [1.807, 2.05) is 37.3 Å². The van der Waals surface area contributed by atoms with Crippen LogP contribution in [0.5, 0.6) is 0 Å². The van der Waals surface area contributed by atoms with Crippen LogP contribution < -0.4 is 4.72 Å². The van der Waals surface area contributed by atoms with Crippen molar-refractivity contribution >= 4 is 10.0 Å². The number of hydrogen-bond acceptors (Lipinski definition) is 4. The lowest BCUT2D eigenvalue weighted by molar-refractivity contribution is 0.174. The molecule has 0 bridgehead atoms. The highest BCUT2D eigenvalue weighted by molar-refractivity contribution is 7.89. The Kier molecular flexibility index (Phi) is 4.08. The predicted octanol–water partition coefficient (Wildman–Crippen LogP) is 2.44. The molecule has 6 heteroatoms. The van der Waals surface area contributed by atoms with Crippen LogP contribution in [0.25, 0.3) is 0 Å². The SMILES string of the molecule is CCc1ccc(S(=O)(=O)NC2(c3ccccc3)CCOC2)o1. The largest absolute Gasteiger partial charge is 0.448 e. The fourth-order valence-electron chi connectivity index (χ4n) is 2.69. The van der Waals surface area contributed by atoms with Gasteiger partial charge >= 0.3 is 0 Å². The molecule has 0 aliphatic carbocycles. The van der Waals surface area contributed by atoms with Gasteiger partial charge in [0.05, 0.1) is 12.1 Å². The third-order valence-electron chi connectivity index (χ3n) is 3.93. The quantitative estimate of drug-likeness (QED) is 0.918. The van der Waals surface area contributed by atoms with Crippen molar-refractivity contribution in [2.24, 2.45) is 0 Å². The van der Waals surface area contributed by atoms with Gasteiger partial charge in [0.2, 0.25) is 5.09 Å². The first-order chi connectivity index (χ1) is 10.6. The molecule has 1 aliphatic rings. The zero-order valence-electron chi connectivity index (χ0n) is 12.4. The van der Waals surface area contributed by atoms with Crippen molar-refractivity contribution < 1.29 is 17.6 Å². The van der Waals surface area contributed by atoms with Crippen LogP contribution in [0.4, 0.5) is 0 Å². The molecule has 1 N–H and O–H groups in total. The average molecular weight is 321 g/mol. The fourth-order valence-corrected chi connectivity index (χ4v) is 4.05. The first-order valence-electron chi connectivity index (χ1n) is 7.32. The highest BCUT2D eigenvalue weighted by Gasteiger charge is 2.41. The molecule has 22 heavy (non-hydrogen) atoms. The molecule has 1 atom stereocenters. The van der Waals surface area contributed by atoms with E-state index in [-0.39, 0.29) is 5.09 Å². The lowest BCUT2D eigenvalue weighted by Crippen LogP contribution is -2.46. The van der Waals surface area contributed by atoms with E-state index in [1.54, 1.807) is 6.07 Å². The van der Waals surface area contributed by atoms with E-state index in [0.717, 1.165) is 5.56 Å². The highest BCUT2D eigenvalue weighted by Crippen LogP contribution is 2.32. The molecule has 5 nitrogen and oxygen atoms in total. The summed E-state index contributed by atoms with van der Waals surface area (Å²) < 4.78 is 38.9. The van der Waals surface area contributed by atoms with E-state index in [0.29, 0.717) is 31.8 Å². The Labute approximate surface area is 130 Å². The number of aryl methyl sites for hydroxylation is 1. The summed E-state index contributed by atoms with van der Waals surface area (Å²) in [5.41, 5.74) is 0.164. The van der Waals surface area contributed by atoms with Crippen LogP contribution in [0.1, 0.15) is 24.7 Å². The summed E-state index contributed by atoms with van der Waals surface area (Å²) in [6.07, 6.45) is 1.25. The maximum absolute atomic E-state index is 12.6. The Bertz CT molecular complexity index is 731. The number of rotatable bonds is 5. The second-order valence-electron chi connectivity index (χ2n) is 5.43. The van der Waals surface area contributed by atoms with Crippen molar-refractivity contribution in [1.82, 2.24) is 4.72 Å². The Balaban J connectivity index is 1.94. The Hall–Kier alpha value is -1.63. The number of nitrogens with one attached hydrogen (secondary N) is 1. The molecule has 1 saturated heterocycles. The number of benzene rings is 1. The topological polar surface area (TPSA) is 68.5 Å². The van der Waals surface area contributed by atoms with Gasteiger partial charge in [0.25, 0.3) is 10.0 Å². The Morgan fingerprint density at radius 1 is 1.18 bits per heavy atom. The zero-order chi connectivity index (χ0) is 15.6. The van der Waals surface area contributed by atoms with Crippen LogP contribution in [0, 0.1) is 0 Å². The molecule has 0 radical (unpaired) electrons. The third-order valence-corrected chi connectivity index (χ3v) is 5.34. The van der Waals surface area contributed by atoms with Gasteiger partial charge in [-0.15, -0.1) is 0 Å². The van der Waals surface area contributed by atoms with Crippen LogP contribution in [-0.2, 0) is 26.7 Å². The smallest absolute Gasteiger partial charge is 0.274 e. The second kappa shape index (κ2) is 5.87. The van der Waals surface area contributed by atoms with E-state index in [9.17, 15) is 8.42 Å². The third kappa shape index (κ3) is 2.82. The zero-order valence-corrected chi connectivity index (χ0v) is 13.2. The normalized spacial score (nSPS) is 22.0. The average Bonchev–Trinajstić information content (AvgIpc) is 3.17. The van der Waals surface area contributed by atoms with E-state index >= 15 is 0 Å². The molecule has 1 aromatic heterocycles. The number of sulfonamides is 1. The van der Waals surface area contributed by atoms with Gasteiger partial charge in [0.15, 0.2) is 0 Å². The van der Waals surface area contributed by atoms with Gasteiger partial charge in [-0.2, -0.15) is 4.72 Å². The number of furan rings is 1. The lowest BCUT2D eigenvalue weighted by Gasteiger charge is -2.28. The van der Waals surface area contributed by atoms with Crippen LogP contribution in [0.15, 0.2) is 52.0 Å². The van der Waals surface area contributed by atoms with Gasteiger partial charge in [-0.25, -0.2) is 8.42 Å². The summed E-state index contributed by atoms with van der Waals surface area (Å²) in [5.74, 6) is 0.650. The molecule has 3 rings (SSSR count). The van der Waals surface area contributed by atoms with Crippen LogP contribution >= 0.6 is 0 Å². The van der Waals surface area contributed by atoms with Gasteiger partial charge in [-0.1, -0.05) is 37.3 Å². The maximum atomic E-state index is 12.6. The summed E-state index contributed by atoms with van der Waals surface area (Å²) >= 11 is 0. The summed E-state index contributed by atoms with van der Waals surface area (Å²) in [5, 5.41) is -0.0495. The molecule has 0 amide bonds. The van der Waals surface area contributed by atoms with Gasteiger partial charge in [0, 0.05) is 13.0 Å². The lowest BCUT2D eigenvalue weighted by atomic mass is 9.90. The minimum Gasteiger partial charge on any atom is -0.448 e. The van der Waals surface area contributed by atoms with Gasteiger partial charge in [-0.3, -0.25) is 0 Å². The monoisotopic (exact) mass is 321 g/mol. The van der Waals surface area contributed by atoms with Gasteiger partial charge in [0.1, 0.15) is 5.76 Å². The molecule has 1 fully saturated rings. The summed E-state index contributed by atoms with van der Waals surface area (Å²) in [7, 11) is -3.74. The van der Waals surface area contributed by atoms with Gasteiger partial charge < -0.3 is 9.15 Å². The summed E-state index contributed by atoms with van der Waals surface area (Å²) in [6.45, 7) is 2.76. The van der Waals surface area contributed by atoms with E-state index in [2.05, 4.69) is 4.72 Å². The standard InChI is InChI=1S/C16H19NO4S/c1-2-14-8-9-15(21-14)22(18,19)17-16(10-11-20-12-16)13-6-4-3-5-7-13/h3-9,17H,2,10-12H2,1H3. The van der Waals surface area contributed by atoms with E-state index in [1.165, 1.54) is 6.07 Å². The molecule has 1 unspecified atom stereocenters. The molecular weight excluding hydrogens is 302 g/mol. The second-order valence-corrected chi connectivity index (χ2v) is 7.04. The van der Waals surface area contributed by atoms with Crippen LogP contribution in [0.2, 0.25) is 0 Å². The van der Waals surface area contributed by atoms with Gasteiger partial charge in [-0.05, 0) is 24.1 Å². The van der Waals surface area contributed by atoms with Crippen LogP contribution in [0.3, 0.4) is 0 Å². The first kappa shape index (κ1) is 15.3. The number of hydrogen-bond donors (Lipinski definition) is 1. The molecule has 0 saturated carbocycles. The molecule has 1 aliphatic heterocycles. The molecule has 2 heterocycles. The molecule has 2 aromatic rings. The fraction of sp³-hybridized carbons (Fsp3) is 0.375. The molecule has 118 valence electrons. The first-order valence-corrected chi connectivity index (χ1v) is 8.80. The molecular formula is C16H19NO4S. The van der Waals surface area contributed by atoms with E-state index < -0.39 is 15.6 Å². The minimum atomic E-state index is -3.74. The van der Waals surface area contributed by atoms with Crippen molar-refractivity contribution in [1.29, 1.82) is 0 Å². The number of ether oxygens (including phenoxy) is 1. The van der Waals surface area contributed by atoms with Crippen LogP contribution in [-0.4, -0.2) is 21.6 Å². The van der Waals surface area contributed by atoms with Crippen molar-refractivity contribution in [3.63, 3.8) is 0 Å². The predicted molar refractivity (Wildman–Crippen MR) is 82.0 cm³/mol. The summed E-state index contributed by atoms with van der Waals surface area (Å²) in [6, 6.07) is 12.7. The van der Waals surface area contributed by atoms with Crippen molar-refractivity contribution in [2.75, 3.05) is 13.2 Å². The molecule has 1 aromatic carbocycles. The van der Waals surface area contributed by atoms with Crippen molar-refractivity contribution in [2.45, 2.75) is 30.4 Å². The van der Waals surface area contributed by atoms with Crippen molar-refractivity contribution in [3.05, 3.63) is 53.8 Å². The van der Waals surface area contributed by atoms with E-state index in [4.69, 9.17) is 9.15 Å². The molecule has 0 spiro atoms. The maximum Gasteiger partial charge on any atom is 0.274 e. The highest BCUT2D eigenvalue weighted by atomic mass is 32.2. The summed E-state index contributed by atoms with van der Waals surface area (Å²) in [4.78, 5) is 0.